The van der Waals surface area contributed by atoms with Crippen LogP contribution in [0.1, 0.15) is 0 Å². The van der Waals surface area contributed by atoms with Crippen molar-refractivity contribution in [3.05, 3.63) is 40.8 Å². The van der Waals surface area contributed by atoms with Gasteiger partial charge >= 0.3 is 0 Å². The van der Waals surface area contributed by atoms with Gasteiger partial charge in [-0.15, -0.1) is 0 Å². The standard InChI is InChI=1S/C9H9N3O/c10-7-3-1-6(2-4-7)8-5-11-12-9(8)13/h1-5H,10H2,(H2,11,12,13). The van der Waals surface area contributed by atoms with Gasteiger partial charge in [0.15, 0.2) is 0 Å². The number of H-pyrrole nitrogens is 2. The molecule has 0 unspecified atom stereocenters. The fraction of sp³-hybridized carbons (Fsp3) is 0. The second-order valence-corrected chi connectivity index (χ2v) is 2.78. The zero-order chi connectivity index (χ0) is 9.26. The van der Waals surface area contributed by atoms with Gasteiger partial charge in [0.05, 0.1) is 5.56 Å². The molecule has 0 bridgehead atoms. The predicted molar refractivity (Wildman–Crippen MR) is 51.3 cm³/mol. The Hall–Kier alpha value is -1.97. The van der Waals surface area contributed by atoms with Crippen LogP contribution in [-0.2, 0) is 0 Å². The quantitative estimate of drug-likeness (QED) is 0.564. The molecular weight excluding hydrogens is 166 g/mol. The first-order valence-corrected chi connectivity index (χ1v) is 3.89. The lowest BCUT2D eigenvalue weighted by Crippen LogP contribution is -2.01. The molecule has 2 rings (SSSR count). The van der Waals surface area contributed by atoms with E-state index in [4.69, 9.17) is 5.73 Å². The Bertz CT molecular complexity index is 452. The van der Waals surface area contributed by atoms with Crippen molar-refractivity contribution in [2.45, 2.75) is 0 Å². The van der Waals surface area contributed by atoms with E-state index in [-0.39, 0.29) is 5.56 Å². The van der Waals surface area contributed by atoms with Gasteiger partial charge in [-0.2, -0.15) is 0 Å². The highest BCUT2D eigenvalue weighted by Gasteiger charge is 2.02. The van der Waals surface area contributed by atoms with Gasteiger partial charge in [0.2, 0.25) is 0 Å². The summed E-state index contributed by atoms with van der Waals surface area (Å²) in [6.45, 7) is 0. The molecule has 4 nitrogen and oxygen atoms in total. The topological polar surface area (TPSA) is 74.7 Å². The molecule has 0 radical (unpaired) electrons. The molecule has 1 aromatic heterocycles. The number of hydrogen-bond acceptors (Lipinski definition) is 2. The lowest BCUT2D eigenvalue weighted by atomic mass is 10.1. The van der Waals surface area contributed by atoms with Crippen molar-refractivity contribution in [1.29, 1.82) is 0 Å². The minimum Gasteiger partial charge on any atom is -0.399 e. The van der Waals surface area contributed by atoms with E-state index in [1.807, 2.05) is 12.1 Å². The van der Waals surface area contributed by atoms with Crippen LogP contribution in [0.4, 0.5) is 5.69 Å². The molecular formula is C9H9N3O. The van der Waals surface area contributed by atoms with Gasteiger partial charge in [0.1, 0.15) is 0 Å². The molecule has 4 N–H and O–H groups in total. The van der Waals surface area contributed by atoms with E-state index in [1.165, 1.54) is 0 Å². The molecule has 0 aliphatic rings. The summed E-state index contributed by atoms with van der Waals surface area (Å²) in [5.74, 6) is 0. The van der Waals surface area contributed by atoms with Gasteiger partial charge < -0.3 is 10.8 Å². The first kappa shape index (κ1) is 7.67. The second-order valence-electron chi connectivity index (χ2n) is 2.78. The van der Waals surface area contributed by atoms with E-state index in [9.17, 15) is 4.79 Å². The maximum Gasteiger partial charge on any atom is 0.271 e. The van der Waals surface area contributed by atoms with Crippen LogP contribution < -0.4 is 11.3 Å². The van der Waals surface area contributed by atoms with Crippen molar-refractivity contribution in [3.8, 4) is 11.1 Å². The largest absolute Gasteiger partial charge is 0.399 e. The minimum absolute atomic E-state index is 0.121. The maximum absolute atomic E-state index is 11.2. The summed E-state index contributed by atoms with van der Waals surface area (Å²) in [4.78, 5) is 11.2. The van der Waals surface area contributed by atoms with Crippen LogP contribution in [0.15, 0.2) is 35.3 Å². The number of benzene rings is 1. The Labute approximate surface area is 74.4 Å². The zero-order valence-electron chi connectivity index (χ0n) is 6.87. The average Bonchev–Trinajstić information content (AvgIpc) is 2.53. The van der Waals surface area contributed by atoms with E-state index in [2.05, 4.69) is 10.2 Å². The van der Waals surface area contributed by atoms with Gasteiger partial charge in [-0.25, -0.2) is 0 Å². The summed E-state index contributed by atoms with van der Waals surface area (Å²) in [5, 5.41) is 5.11. The van der Waals surface area contributed by atoms with Crippen molar-refractivity contribution in [2.75, 3.05) is 5.73 Å². The van der Waals surface area contributed by atoms with Crippen LogP contribution in [0.5, 0.6) is 0 Å². The van der Waals surface area contributed by atoms with Crippen molar-refractivity contribution in [2.24, 2.45) is 0 Å². The van der Waals surface area contributed by atoms with Crippen molar-refractivity contribution in [3.63, 3.8) is 0 Å². The fourth-order valence-electron chi connectivity index (χ4n) is 1.18. The van der Waals surface area contributed by atoms with Crippen molar-refractivity contribution in [1.82, 2.24) is 10.2 Å². The predicted octanol–water partition coefficient (Wildman–Crippen LogP) is 0.952. The van der Waals surface area contributed by atoms with Crippen molar-refractivity contribution >= 4 is 5.69 Å². The Morgan fingerprint density at radius 3 is 2.38 bits per heavy atom. The van der Waals surface area contributed by atoms with Gasteiger partial charge in [0.25, 0.3) is 5.56 Å². The number of nitrogen functional groups attached to an aromatic ring is 1. The molecule has 4 heteroatoms. The number of hydrogen-bond donors (Lipinski definition) is 3. The van der Waals surface area contributed by atoms with Gasteiger partial charge in [0, 0.05) is 11.9 Å². The molecule has 0 spiro atoms. The molecule has 1 heterocycles. The summed E-state index contributed by atoms with van der Waals surface area (Å²) >= 11 is 0. The number of aromatic amines is 2. The Morgan fingerprint density at radius 1 is 1.15 bits per heavy atom. The monoisotopic (exact) mass is 175 g/mol. The third-order valence-corrected chi connectivity index (χ3v) is 1.87. The molecule has 0 amide bonds. The summed E-state index contributed by atoms with van der Waals surface area (Å²) < 4.78 is 0. The van der Waals surface area contributed by atoms with E-state index in [0.29, 0.717) is 11.3 Å². The Kier molecular flexibility index (Phi) is 1.66. The molecule has 0 aliphatic carbocycles. The SMILES string of the molecule is Nc1ccc(-c2c[nH][nH]c2=O)cc1. The highest BCUT2D eigenvalue weighted by Crippen LogP contribution is 2.15. The third-order valence-electron chi connectivity index (χ3n) is 1.87. The summed E-state index contributed by atoms with van der Waals surface area (Å²) in [6, 6.07) is 7.16. The van der Waals surface area contributed by atoms with E-state index < -0.39 is 0 Å². The van der Waals surface area contributed by atoms with E-state index >= 15 is 0 Å². The van der Waals surface area contributed by atoms with Crippen LogP contribution in [-0.4, -0.2) is 10.2 Å². The van der Waals surface area contributed by atoms with E-state index in [1.54, 1.807) is 18.3 Å². The van der Waals surface area contributed by atoms with Crippen LogP contribution in [0, 0.1) is 0 Å². The molecule has 0 atom stereocenters. The summed E-state index contributed by atoms with van der Waals surface area (Å²) in [5.41, 5.74) is 7.58. The van der Waals surface area contributed by atoms with Crippen LogP contribution in [0.2, 0.25) is 0 Å². The first-order valence-electron chi connectivity index (χ1n) is 3.89. The normalized spacial score (nSPS) is 10.2. The number of rotatable bonds is 1. The zero-order valence-corrected chi connectivity index (χ0v) is 6.87. The number of aromatic nitrogens is 2. The molecule has 0 saturated carbocycles. The van der Waals surface area contributed by atoms with E-state index in [0.717, 1.165) is 5.56 Å². The molecule has 0 saturated heterocycles. The highest BCUT2D eigenvalue weighted by atomic mass is 16.1. The number of anilines is 1. The second kappa shape index (κ2) is 2.82. The van der Waals surface area contributed by atoms with Gasteiger partial charge in [-0.1, -0.05) is 12.1 Å². The van der Waals surface area contributed by atoms with Gasteiger partial charge in [-0.05, 0) is 17.7 Å². The summed E-state index contributed by atoms with van der Waals surface area (Å²) in [6.07, 6.45) is 1.63. The van der Waals surface area contributed by atoms with Crippen molar-refractivity contribution < 1.29 is 0 Å². The lowest BCUT2D eigenvalue weighted by molar-refractivity contribution is 1.06. The molecule has 2 aromatic rings. The summed E-state index contributed by atoms with van der Waals surface area (Å²) in [7, 11) is 0. The Balaban J connectivity index is 2.54. The highest BCUT2D eigenvalue weighted by molar-refractivity contribution is 5.63. The third kappa shape index (κ3) is 1.33. The molecule has 66 valence electrons. The first-order chi connectivity index (χ1) is 6.27. The number of nitrogens with one attached hydrogen (secondary N) is 2. The number of nitrogens with two attached hydrogens (primary N) is 1. The minimum atomic E-state index is -0.121. The lowest BCUT2D eigenvalue weighted by Gasteiger charge is -1.95. The van der Waals surface area contributed by atoms with Crippen LogP contribution in [0.3, 0.4) is 0 Å². The maximum atomic E-state index is 11.2. The van der Waals surface area contributed by atoms with Crippen LogP contribution >= 0.6 is 0 Å². The molecule has 0 aliphatic heterocycles. The van der Waals surface area contributed by atoms with Crippen LogP contribution in [0.25, 0.3) is 11.1 Å². The molecule has 0 fully saturated rings. The smallest absolute Gasteiger partial charge is 0.271 e. The average molecular weight is 175 g/mol. The fourth-order valence-corrected chi connectivity index (χ4v) is 1.18. The Morgan fingerprint density at radius 2 is 1.85 bits per heavy atom. The van der Waals surface area contributed by atoms with Gasteiger partial charge in [-0.3, -0.25) is 9.89 Å². The molecule has 1 aromatic carbocycles. The molecule has 13 heavy (non-hydrogen) atoms.